The molecule has 1 unspecified atom stereocenters. The van der Waals surface area contributed by atoms with E-state index in [9.17, 15) is 0 Å². The van der Waals surface area contributed by atoms with Gasteiger partial charge in [0.1, 0.15) is 0 Å². The quantitative estimate of drug-likeness (QED) is 0.395. The van der Waals surface area contributed by atoms with E-state index in [0.29, 0.717) is 0 Å². The van der Waals surface area contributed by atoms with Crippen molar-refractivity contribution in [2.24, 2.45) is 0 Å². The lowest BCUT2D eigenvalue weighted by Gasteiger charge is -1.93. The molecule has 1 aliphatic heterocycles. The standard InChI is InChI=1S/C4H4BrN/c5-4-2-1-3-6-4/h1,3-4,6H. The van der Waals surface area contributed by atoms with Gasteiger partial charge in [0.25, 0.3) is 0 Å². The van der Waals surface area contributed by atoms with E-state index in [1.165, 1.54) is 0 Å². The summed E-state index contributed by atoms with van der Waals surface area (Å²) in [5, 5.41) is 2.94. The van der Waals surface area contributed by atoms with Crippen LogP contribution in [0.2, 0.25) is 0 Å². The summed E-state index contributed by atoms with van der Waals surface area (Å²) in [6.45, 7) is 0. The molecule has 0 amide bonds. The van der Waals surface area contributed by atoms with Crippen LogP contribution in [0.15, 0.2) is 12.3 Å². The van der Waals surface area contributed by atoms with Crippen LogP contribution in [0.3, 0.4) is 0 Å². The Morgan fingerprint density at radius 1 is 1.83 bits per heavy atom. The molecule has 2 radical (unpaired) electrons. The van der Waals surface area contributed by atoms with Crippen LogP contribution in [0, 0.1) is 6.42 Å². The molecule has 1 aliphatic rings. The highest BCUT2D eigenvalue weighted by atomic mass is 79.9. The zero-order valence-electron chi connectivity index (χ0n) is 3.11. The number of hydrogen-bond donors (Lipinski definition) is 1. The maximum absolute atomic E-state index is 3.25. The molecule has 1 atom stereocenters. The zero-order chi connectivity index (χ0) is 4.41. The highest BCUT2D eigenvalue weighted by molar-refractivity contribution is 9.09. The van der Waals surface area contributed by atoms with Crippen LogP contribution in [-0.4, -0.2) is 4.95 Å². The first-order valence-electron chi connectivity index (χ1n) is 1.71. The van der Waals surface area contributed by atoms with Crippen molar-refractivity contribution in [3.63, 3.8) is 0 Å². The monoisotopic (exact) mass is 145 g/mol. The molecule has 0 saturated carbocycles. The first-order valence-corrected chi connectivity index (χ1v) is 2.62. The fourth-order valence-electron chi connectivity index (χ4n) is 0.313. The lowest BCUT2D eigenvalue weighted by atomic mass is 10.5. The number of nitrogens with one attached hydrogen (secondary N) is 1. The molecule has 0 aliphatic carbocycles. The Labute approximate surface area is 45.6 Å². The van der Waals surface area contributed by atoms with Crippen molar-refractivity contribution in [2.45, 2.75) is 4.95 Å². The van der Waals surface area contributed by atoms with Gasteiger partial charge in [0.2, 0.25) is 0 Å². The predicted octanol–water partition coefficient (Wildman–Crippen LogP) is 0.906. The molecule has 6 heavy (non-hydrogen) atoms. The van der Waals surface area contributed by atoms with Gasteiger partial charge in [-0.1, -0.05) is 22.0 Å². The minimum Gasteiger partial charge on any atom is -0.378 e. The van der Waals surface area contributed by atoms with Crippen LogP contribution >= 0.6 is 15.9 Å². The molecule has 0 aromatic carbocycles. The van der Waals surface area contributed by atoms with Gasteiger partial charge in [0.15, 0.2) is 0 Å². The van der Waals surface area contributed by atoms with Crippen molar-refractivity contribution in [3.05, 3.63) is 18.7 Å². The fourth-order valence-corrected chi connectivity index (χ4v) is 0.619. The molecule has 0 aromatic heterocycles. The van der Waals surface area contributed by atoms with Crippen molar-refractivity contribution >= 4 is 15.9 Å². The summed E-state index contributed by atoms with van der Waals surface area (Å²) in [5.74, 6) is 0. The van der Waals surface area contributed by atoms with Crippen LogP contribution < -0.4 is 5.32 Å². The van der Waals surface area contributed by atoms with Gasteiger partial charge in [-0.25, -0.2) is 0 Å². The lowest BCUT2D eigenvalue weighted by Crippen LogP contribution is -2.09. The Morgan fingerprint density at radius 2 is 2.67 bits per heavy atom. The molecule has 0 aromatic rings. The first-order chi connectivity index (χ1) is 2.89. The SMILES string of the molecule is BrC1[C]C=CN1. The summed E-state index contributed by atoms with van der Waals surface area (Å²) in [6.07, 6.45) is 6.64. The topological polar surface area (TPSA) is 12.0 Å². The van der Waals surface area contributed by atoms with Gasteiger partial charge >= 0.3 is 0 Å². The maximum Gasteiger partial charge on any atom is 0.0925 e. The van der Waals surface area contributed by atoms with E-state index in [1.54, 1.807) is 0 Å². The van der Waals surface area contributed by atoms with Crippen LogP contribution in [0.1, 0.15) is 0 Å². The summed E-state index contributed by atoms with van der Waals surface area (Å²) in [4.78, 5) is 0.248. The highest BCUT2D eigenvalue weighted by Crippen LogP contribution is 2.04. The normalized spacial score (nSPS) is 30.5. The van der Waals surface area contributed by atoms with Crippen molar-refractivity contribution in [3.8, 4) is 0 Å². The predicted molar refractivity (Wildman–Crippen MR) is 28.2 cm³/mol. The van der Waals surface area contributed by atoms with E-state index in [1.807, 2.05) is 12.3 Å². The van der Waals surface area contributed by atoms with Gasteiger partial charge in [-0.15, -0.1) is 0 Å². The lowest BCUT2D eigenvalue weighted by molar-refractivity contribution is 0.955. The largest absolute Gasteiger partial charge is 0.378 e. The summed E-state index contributed by atoms with van der Waals surface area (Å²) >= 11 is 3.25. The van der Waals surface area contributed by atoms with Crippen LogP contribution in [0.25, 0.3) is 0 Å². The Kier molecular flexibility index (Phi) is 1.15. The third-order valence-electron chi connectivity index (χ3n) is 0.568. The smallest absolute Gasteiger partial charge is 0.0925 e. The number of rotatable bonds is 0. The summed E-state index contributed by atoms with van der Waals surface area (Å²) in [7, 11) is 0. The number of hydrogen-bond acceptors (Lipinski definition) is 1. The van der Waals surface area contributed by atoms with Gasteiger partial charge in [0.05, 0.1) is 4.95 Å². The molecule has 1 rings (SSSR count). The van der Waals surface area contributed by atoms with E-state index in [2.05, 4.69) is 27.7 Å². The summed E-state index contributed by atoms with van der Waals surface area (Å²) in [5.41, 5.74) is 0. The Balaban J connectivity index is 2.32. The van der Waals surface area contributed by atoms with Gasteiger partial charge in [-0.2, -0.15) is 0 Å². The second-order valence-corrected chi connectivity index (χ2v) is 1.94. The van der Waals surface area contributed by atoms with Crippen molar-refractivity contribution in [1.29, 1.82) is 0 Å². The molecule has 1 N–H and O–H groups in total. The third-order valence-corrected chi connectivity index (χ3v) is 1.10. The number of alkyl halides is 1. The summed E-state index contributed by atoms with van der Waals surface area (Å²) < 4.78 is 0. The molecule has 1 heterocycles. The minimum atomic E-state index is 0.248. The molecule has 32 valence electrons. The minimum absolute atomic E-state index is 0.248. The maximum atomic E-state index is 3.25. The molecule has 0 fully saturated rings. The second kappa shape index (κ2) is 1.65. The van der Waals surface area contributed by atoms with Crippen molar-refractivity contribution < 1.29 is 0 Å². The summed E-state index contributed by atoms with van der Waals surface area (Å²) in [6, 6.07) is 0. The molecule has 0 bridgehead atoms. The third kappa shape index (κ3) is 0.744. The van der Waals surface area contributed by atoms with Crippen LogP contribution in [0.4, 0.5) is 0 Å². The fraction of sp³-hybridized carbons (Fsp3) is 0.250. The van der Waals surface area contributed by atoms with Gasteiger partial charge in [-0.3, -0.25) is 0 Å². The molecular formula is C4H4BrN. The van der Waals surface area contributed by atoms with E-state index in [-0.39, 0.29) is 4.95 Å². The molecule has 0 spiro atoms. The number of halogens is 1. The van der Waals surface area contributed by atoms with Gasteiger partial charge in [-0.05, 0) is 6.20 Å². The molecule has 1 nitrogen and oxygen atoms in total. The van der Waals surface area contributed by atoms with Crippen LogP contribution in [-0.2, 0) is 0 Å². The van der Waals surface area contributed by atoms with Gasteiger partial charge < -0.3 is 5.32 Å². The highest BCUT2D eigenvalue weighted by Gasteiger charge is 2.01. The van der Waals surface area contributed by atoms with E-state index < -0.39 is 0 Å². The Bertz CT molecular complexity index is 61.9. The Morgan fingerprint density at radius 3 is 2.83 bits per heavy atom. The second-order valence-electron chi connectivity index (χ2n) is 1.03. The zero-order valence-corrected chi connectivity index (χ0v) is 4.70. The van der Waals surface area contributed by atoms with E-state index in [0.717, 1.165) is 0 Å². The average Bonchev–Trinajstić information content (AvgIpc) is 1.86. The van der Waals surface area contributed by atoms with Crippen molar-refractivity contribution in [1.82, 2.24) is 5.32 Å². The molecular weight excluding hydrogens is 142 g/mol. The van der Waals surface area contributed by atoms with E-state index in [4.69, 9.17) is 0 Å². The Hall–Kier alpha value is 0.0200. The van der Waals surface area contributed by atoms with Crippen LogP contribution in [0.5, 0.6) is 0 Å². The van der Waals surface area contributed by atoms with Gasteiger partial charge in [0, 0.05) is 6.42 Å². The van der Waals surface area contributed by atoms with E-state index >= 15 is 0 Å². The average molecular weight is 146 g/mol. The molecule has 0 saturated heterocycles. The van der Waals surface area contributed by atoms with Crippen molar-refractivity contribution in [2.75, 3.05) is 0 Å². The molecule has 2 heteroatoms. The first kappa shape index (κ1) is 4.19.